The number of benzene rings is 2. The summed E-state index contributed by atoms with van der Waals surface area (Å²) in [4.78, 5) is 0. The summed E-state index contributed by atoms with van der Waals surface area (Å²) in [6.07, 6.45) is 8.26. The zero-order chi connectivity index (χ0) is 18.9. The van der Waals surface area contributed by atoms with Crippen LogP contribution in [0.2, 0.25) is 0 Å². The quantitative estimate of drug-likeness (QED) is 0.872. The minimum atomic E-state index is -0.593. The van der Waals surface area contributed by atoms with E-state index in [1.165, 1.54) is 0 Å². The van der Waals surface area contributed by atoms with E-state index >= 15 is 0 Å². The fourth-order valence-electron chi connectivity index (χ4n) is 3.45. The van der Waals surface area contributed by atoms with Crippen molar-refractivity contribution >= 4 is 0 Å². The Morgan fingerprint density at radius 1 is 1.11 bits per heavy atom. The SMILES string of the molecule is COc1ccc(C2COc3cc(CC4(N)C=CC=CC4N)ccc3O2)cc1. The largest absolute Gasteiger partial charge is 0.497 e. The number of hydrogen-bond donors (Lipinski definition) is 2. The van der Waals surface area contributed by atoms with E-state index in [0.717, 1.165) is 28.4 Å². The number of nitrogens with two attached hydrogens (primary N) is 2. The highest BCUT2D eigenvalue weighted by Gasteiger charge is 2.30. The lowest BCUT2D eigenvalue weighted by atomic mass is 9.82. The maximum atomic E-state index is 6.49. The molecule has 0 radical (unpaired) electrons. The molecule has 5 heteroatoms. The van der Waals surface area contributed by atoms with E-state index in [1.54, 1.807) is 7.11 Å². The molecule has 0 fully saturated rings. The van der Waals surface area contributed by atoms with Crippen LogP contribution in [0.15, 0.2) is 66.8 Å². The van der Waals surface area contributed by atoms with Crippen molar-refractivity contribution in [1.82, 2.24) is 0 Å². The second-order valence-corrected chi connectivity index (χ2v) is 7.03. The van der Waals surface area contributed by atoms with Crippen LogP contribution >= 0.6 is 0 Å². The van der Waals surface area contributed by atoms with Crippen LogP contribution < -0.4 is 25.7 Å². The molecular weight excluding hydrogens is 340 g/mol. The monoisotopic (exact) mass is 364 g/mol. The van der Waals surface area contributed by atoms with Gasteiger partial charge in [-0.15, -0.1) is 0 Å². The second-order valence-electron chi connectivity index (χ2n) is 7.03. The Labute approximate surface area is 159 Å². The van der Waals surface area contributed by atoms with Crippen LogP contribution in [0.4, 0.5) is 0 Å². The summed E-state index contributed by atoms with van der Waals surface area (Å²) >= 11 is 0. The molecule has 1 heterocycles. The molecular formula is C22H24N2O3. The number of ether oxygens (including phenoxy) is 3. The van der Waals surface area contributed by atoms with Crippen molar-refractivity contribution in [2.24, 2.45) is 11.5 Å². The van der Waals surface area contributed by atoms with E-state index in [-0.39, 0.29) is 12.1 Å². The van der Waals surface area contributed by atoms with Gasteiger partial charge >= 0.3 is 0 Å². The van der Waals surface area contributed by atoms with Crippen molar-refractivity contribution in [3.05, 3.63) is 77.9 Å². The van der Waals surface area contributed by atoms with Crippen molar-refractivity contribution in [1.29, 1.82) is 0 Å². The molecule has 1 aliphatic carbocycles. The zero-order valence-electron chi connectivity index (χ0n) is 15.3. The second kappa shape index (κ2) is 7.10. The maximum Gasteiger partial charge on any atom is 0.162 e. The number of rotatable bonds is 4. The topological polar surface area (TPSA) is 79.7 Å². The van der Waals surface area contributed by atoms with Crippen molar-refractivity contribution < 1.29 is 14.2 Å². The standard InChI is InChI=1S/C22H24N2O3/c1-25-17-8-6-16(7-9-17)20-14-26-19-12-15(5-10-18(19)27-20)13-22(24)11-3-2-4-21(22)23/h2-12,20-21H,13-14,23-24H2,1H3. The highest BCUT2D eigenvalue weighted by molar-refractivity contribution is 5.46. The first-order valence-electron chi connectivity index (χ1n) is 9.04. The van der Waals surface area contributed by atoms with Gasteiger partial charge in [0.15, 0.2) is 17.6 Å². The molecule has 0 saturated heterocycles. The van der Waals surface area contributed by atoms with Crippen LogP contribution in [-0.4, -0.2) is 25.3 Å². The van der Waals surface area contributed by atoms with Gasteiger partial charge in [0.05, 0.1) is 12.6 Å². The molecule has 4 N–H and O–H groups in total. The number of allylic oxidation sites excluding steroid dienone is 2. The van der Waals surface area contributed by atoms with Gasteiger partial charge in [0.1, 0.15) is 12.4 Å². The van der Waals surface area contributed by atoms with Gasteiger partial charge < -0.3 is 25.7 Å². The normalized spacial score (nSPS) is 26.0. The Hall–Kier alpha value is -2.76. The Morgan fingerprint density at radius 2 is 1.93 bits per heavy atom. The summed E-state index contributed by atoms with van der Waals surface area (Å²) < 4.78 is 17.3. The molecule has 5 nitrogen and oxygen atoms in total. The first-order chi connectivity index (χ1) is 13.1. The highest BCUT2D eigenvalue weighted by Crippen LogP contribution is 2.38. The van der Waals surface area contributed by atoms with Gasteiger partial charge in [0.2, 0.25) is 0 Å². The summed E-state index contributed by atoms with van der Waals surface area (Å²) in [6.45, 7) is 0.457. The third kappa shape index (κ3) is 3.56. The zero-order valence-corrected chi connectivity index (χ0v) is 15.3. The molecule has 3 atom stereocenters. The lowest BCUT2D eigenvalue weighted by Gasteiger charge is -2.33. The summed E-state index contributed by atoms with van der Waals surface area (Å²) in [5, 5.41) is 0. The van der Waals surface area contributed by atoms with Gasteiger partial charge in [0.25, 0.3) is 0 Å². The summed E-state index contributed by atoms with van der Waals surface area (Å²) in [5.41, 5.74) is 14.2. The van der Waals surface area contributed by atoms with Gasteiger partial charge in [-0.2, -0.15) is 0 Å². The van der Waals surface area contributed by atoms with Crippen molar-refractivity contribution in [2.75, 3.05) is 13.7 Å². The van der Waals surface area contributed by atoms with Gasteiger partial charge in [-0.25, -0.2) is 0 Å². The van der Waals surface area contributed by atoms with Crippen LogP contribution in [0.5, 0.6) is 17.2 Å². The highest BCUT2D eigenvalue weighted by atomic mass is 16.6. The van der Waals surface area contributed by atoms with Crippen LogP contribution in [0.25, 0.3) is 0 Å². The van der Waals surface area contributed by atoms with Crippen LogP contribution in [-0.2, 0) is 6.42 Å². The third-order valence-electron chi connectivity index (χ3n) is 5.12. The minimum Gasteiger partial charge on any atom is -0.497 e. The number of hydrogen-bond acceptors (Lipinski definition) is 5. The molecule has 27 heavy (non-hydrogen) atoms. The number of fused-ring (bicyclic) bond motifs is 1. The fraction of sp³-hybridized carbons (Fsp3) is 0.273. The van der Waals surface area contributed by atoms with Gasteiger partial charge in [-0.1, -0.05) is 42.5 Å². The average Bonchev–Trinajstić information content (AvgIpc) is 2.70. The number of methoxy groups -OCH3 is 1. The van der Waals surface area contributed by atoms with Crippen molar-refractivity contribution in [3.8, 4) is 17.2 Å². The molecule has 0 aromatic heterocycles. The lowest BCUT2D eigenvalue weighted by molar-refractivity contribution is 0.0911. The van der Waals surface area contributed by atoms with Crippen LogP contribution in [0.1, 0.15) is 17.2 Å². The molecule has 0 bridgehead atoms. The third-order valence-corrected chi connectivity index (χ3v) is 5.12. The minimum absolute atomic E-state index is 0.144. The molecule has 140 valence electrons. The van der Waals surface area contributed by atoms with E-state index < -0.39 is 5.54 Å². The summed E-state index contributed by atoms with van der Waals surface area (Å²) in [5.74, 6) is 2.30. The summed E-state index contributed by atoms with van der Waals surface area (Å²) in [7, 11) is 1.65. The molecule has 0 spiro atoms. The molecule has 0 saturated carbocycles. The Balaban J connectivity index is 1.49. The Bertz CT molecular complexity index is 876. The van der Waals surface area contributed by atoms with Gasteiger partial charge in [0, 0.05) is 6.04 Å². The van der Waals surface area contributed by atoms with E-state index in [2.05, 4.69) is 0 Å². The van der Waals surface area contributed by atoms with E-state index in [9.17, 15) is 0 Å². The fourth-order valence-corrected chi connectivity index (χ4v) is 3.45. The Morgan fingerprint density at radius 3 is 2.67 bits per heavy atom. The molecule has 2 aromatic carbocycles. The molecule has 4 rings (SSSR count). The molecule has 0 amide bonds. The Kier molecular flexibility index (Phi) is 4.64. The average molecular weight is 364 g/mol. The maximum absolute atomic E-state index is 6.49. The van der Waals surface area contributed by atoms with Crippen LogP contribution in [0, 0.1) is 0 Å². The van der Waals surface area contributed by atoms with Crippen molar-refractivity contribution in [3.63, 3.8) is 0 Å². The van der Waals surface area contributed by atoms with Gasteiger partial charge in [-0.05, 0) is 41.8 Å². The molecule has 1 aliphatic heterocycles. The van der Waals surface area contributed by atoms with Gasteiger partial charge in [-0.3, -0.25) is 0 Å². The first kappa shape index (κ1) is 17.6. The first-order valence-corrected chi connectivity index (χ1v) is 9.04. The summed E-state index contributed by atoms with van der Waals surface area (Å²) in [6, 6.07) is 13.6. The van der Waals surface area contributed by atoms with E-state index in [0.29, 0.717) is 13.0 Å². The van der Waals surface area contributed by atoms with E-state index in [1.807, 2.05) is 66.8 Å². The predicted molar refractivity (Wildman–Crippen MR) is 105 cm³/mol. The molecule has 3 unspecified atom stereocenters. The van der Waals surface area contributed by atoms with Crippen molar-refractivity contribution in [2.45, 2.75) is 24.1 Å². The molecule has 2 aromatic rings. The smallest absolute Gasteiger partial charge is 0.162 e. The van der Waals surface area contributed by atoms with E-state index in [4.69, 9.17) is 25.7 Å². The lowest BCUT2D eigenvalue weighted by Crippen LogP contribution is -2.55. The predicted octanol–water partition coefficient (Wildman–Crippen LogP) is 2.90. The molecule has 2 aliphatic rings. The van der Waals surface area contributed by atoms with Crippen LogP contribution in [0.3, 0.4) is 0 Å².